The fourth-order valence-electron chi connectivity index (χ4n) is 2.72. The third kappa shape index (κ3) is 2.13. The van der Waals surface area contributed by atoms with Crippen molar-refractivity contribution in [1.29, 1.82) is 0 Å². The van der Waals surface area contributed by atoms with Crippen molar-refractivity contribution in [1.82, 2.24) is 9.97 Å². The summed E-state index contributed by atoms with van der Waals surface area (Å²) in [6.45, 7) is 5.38. The predicted molar refractivity (Wildman–Crippen MR) is 81.5 cm³/mol. The minimum absolute atomic E-state index is 0.163. The topological polar surface area (TPSA) is 49.2 Å². The van der Waals surface area contributed by atoms with Gasteiger partial charge in [0.15, 0.2) is 0 Å². The van der Waals surface area contributed by atoms with E-state index in [2.05, 4.69) is 28.7 Å². The number of anilines is 1. The van der Waals surface area contributed by atoms with Gasteiger partial charge in [-0.25, -0.2) is 9.97 Å². The van der Waals surface area contributed by atoms with Crippen molar-refractivity contribution in [3.05, 3.63) is 29.2 Å². The average molecular weight is 292 g/mol. The van der Waals surface area contributed by atoms with Crippen molar-refractivity contribution in [3.63, 3.8) is 0 Å². The quantitative estimate of drug-likeness (QED) is 0.883. The van der Waals surface area contributed by atoms with Crippen molar-refractivity contribution < 1.29 is 5.11 Å². The lowest BCUT2D eigenvalue weighted by molar-refractivity contribution is 0.226. The van der Waals surface area contributed by atoms with E-state index in [1.165, 1.54) is 5.56 Å². The van der Waals surface area contributed by atoms with Crippen LogP contribution in [0.4, 0.5) is 5.82 Å². The van der Waals surface area contributed by atoms with Gasteiger partial charge in [0, 0.05) is 24.3 Å². The number of aliphatic hydroxyl groups is 1. The number of halogens is 1. The Morgan fingerprint density at radius 3 is 2.75 bits per heavy atom. The van der Waals surface area contributed by atoms with Crippen LogP contribution in [-0.4, -0.2) is 34.3 Å². The lowest BCUT2D eigenvalue weighted by Crippen LogP contribution is -2.50. The van der Waals surface area contributed by atoms with Crippen molar-refractivity contribution in [2.45, 2.75) is 32.2 Å². The van der Waals surface area contributed by atoms with Gasteiger partial charge in [0.25, 0.3) is 0 Å². The molecule has 5 heteroatoms. The largest absolute Gasteiger partial charge is 0.394 e. The SMILES string of the molecule is CC(C)c1cnc(N2CCC2CO)c2cnc(Cl)cc12. The second kappa shape index (κ2) is 5.19. The first kappa shape index (κ1) is 13.6. The van der Waals surface area contributed by atoms with Crippen LogP contribution in [0, 0.1) is 0 Å². The van der Waals surface area contributed by atoms with Crippen LogP contribution in [0.1, 0.15) is 31.7 Å². The molecule has 0 amide bonds. The van der Waals surface area contributed by atoms with Crippen LogP contribution in [0.3, 0.4) is 0 Å². The van der Waals surface area contributed by atoms with Crippen molar-refractivity contribution in [2.75, 3.05) is 18.1 Å². The number of aliphatic hydroxyl groups excluding tert-OH is 1. The standard InChI is InChI=1S/C15H18ClN3O/c1-9(2)12-6-18-15(19-4-3-10(19)8-20)13-7-17-14(16)5-11(12)13/h5-7,9-10,20H,3-4,8H2,1-2H3. The maximum Gasteiger partial charge on any atom is 0.138 e. The molecule has 1 fully saturated rings. The Balaban J connectivity index is 2.17. The Kier molecular flexibility index (Phi) is 3.52. The summed E-state index contributed by atoms with van der Waals surface area (Å²) < 4.78 is 0. The van der Waals surface area contributed by atoms with Crippen LogP contribution in [-0.2, 0) is 0 Å². The Morgan fingerprint density at radius 1 is 1.35 bits per heavy atom. The molecular formula is C15H18ClN3O. The van der Waals surface area contributed by atoms with E-state index in [0.717, 1.165) is 29.6 Å². The summed E-state index contributed by atoms with van der Waals surface area (Å²) in [5.74, 6) is 1.28. The monoisotopic (exact) mass is 291 g/mol. The second-order valence-electron chi connectivity index (χ2n) is 5.56. The summed E-state index contributed by atoms with van der Waals surface area (Å²) in [7, 11) is 0. The first-order chi connectivity index (χ1) is 9.61. The minimum atomic E-state index is 0.163. The van der Waals surface area contributed by atoms with Crippen molar-refractivity contribution >= 4 is 28.2 Å². The Hall–Kier alpha value is -1.39. The lowest BCUT2D eigenvalue weighted by atomic mass is 9.97. The van der Waals surface area contributed by atoms with E-state index in [4.69, 9.17) is 11.6 Å². The Labute approximate surface area is 123 Å². The van der Waals surface area contributed by atoms with E-state index in [0.29, 0.717) is 11.1 Å². The Bertz CT molecular complexity index is 642. The first-order valence-electron chi connectivity index (χ1n) is 6.93. The molecule has 3 rings (SSSR count). The molecule has 0 spiro atoms. The fraction of sp³-hybridized carbons (Fsp3) is 0.467. The van der Waals surface area contributed by atoms with E-state index in [-0.39, 0.29) is 12.6 Å². The van der Waals surface area contributed by atoms with Gasteiger partial charge in [-0.15, -0.1) is 0 Å². The molecule has 1 aliphatic rings. The molecule has 1 N–H and O–H groups in total. The Morgan fingerprint density at radius 2 is 2.15 bits per heavy atom. The molecule has 20 heavy (non-hydrogen) atoms. The minimum Gasteiger partial charge on any atom is -0.394 e. The third-order valence-electron chi connectivity index (χ3n) is 4.00. The van der Waals surface area contributed by atoms with Crippen LogP contribution in [0.15, 0.2) is 18.5 Å². The van der Waals surface area contributed by atoms with Gasteiger partial charge in [0.2, 0.25) is 0 Å². The van der Waals surface area contributed by atoms with Gasteiger partial charge in [-0.05, 0) is 29.4 Å². The zero-order valence-electron chi connectivity index (χ0n) is 11.7. The molecule has 0 aromatic carbocycles. The molecule has 1 unspecified atom stereocenters. The average Bonchev–Trinajstić information content (AvgIpc) is 2.37. The first-order valence-corrected chi connectivity index (χ1v) is 7.31. The molecule has 0 saturated carbocycles. The maximum absolute atomic E-state index is 9.37. The molecule has 1 atom stereocenters. The van der Waals surface area contributed by atoms with E-state index in [9.17, 15) is 5.11 Å². The number of pyridine rings is 2. The molecule has 2 aromatic rings. The summed E-state index contributed by atoms with van der Waals surface area (Å²) in [4.78, 5) is 10.9. The van der Waals surface area contributed by atoms with Gasteiger partial charge in [0.1, 0.15) is 11.0 Å². The number of nitrogens with zero attached hydrogens (tertiary/aromatic N) is 3. The zero-order valence-corrected chi connectivity index (χ0v) is 12.4. The smallest absolute Gasteiger partial charge is 0.138 e. The van der Waals surface area contributed by atoms with E-state index >= 15 is 0 Å². The van der Waals surface area contributed by atoms with Crippen molar-refractivity contribution in [3.8, 4) is 0 Å². The van der Waals surface area contributed by atoms with Crippen LogP contribution in [0.2, 0.25) is 5.15 Å². The van der Waals surface area contributed by atoms with Gasteiger partial charge < -0.3 is 10.0 Å². The molecule has 1 saturated heterocycles. The van der Waals surface area contributed by atoms with E-state index in [1.807, 2.05) is 12.3 Å². The molecule has 3 heterocycles. The van der Waals surface area contributed by atoms with Crippen LogP contribution >= 0.6 is 11.6 Å². The highest BCUT2D eigenvalue weighted by Gasteiger charge is 2.30. The second-order valence-corrected chi connectivity index (χ2v) is 5.95. The van der Waals surface area contributed by atoms with Gasteiger partial charge in [-0.3, -0.25) is 0 Å². The zero-order chi connectivity index (χ0) is 14.3. The number of rotatable bonds is 3. The van der Waals surface area contributed by atoms with Crippen molar-refractivity contribution in [2.24, 2.45) is 0 Å². The molecule has 106 valence electrons. The third-order valence-corrected chi connectivity index (χ3v) is 4.20. The maximum atomic E-state index is 9.37. The van der Waals surface area contributed by atoms with Crippen LogP contribution < -0.4 is 4.90 Å². The molecule has 1 aliphatic heterocycles. The number of fused-ring (bicyclic) bond motifs is 1. The summed E-state index contributed by atoms with van der Waals surface area (Å²) in [6, 6.07) is 2.08. The molecule has 2 aromatic heterocycles. The van der Waals surface area contributed by atoms with Gasteiger partial charge >= 0.3 is 0 Å². The van der Waals surface area contributed by atoms with Gasteiger partial charge in [-0.1, -0.05) is 25.4 Å². The highest BCUT2D eigenvalue weighted by atomic mass is 35.5. The molecule has 0 aliphatic carbocycles. The summed E-state index contributed by atoms with van der Waals surface area (Å²) >= 11 is 6.05. The normalized spacial score (nSPS) is 18.6. The van der Waals surface area contributed by atoms with E-state index in [1.54, 1.807) is 6.20 Å². The lowest BCUT2D eigenvalue weighted by Gasteiger charge is -2.41. The number of hydrogen-bond acceptors (Lipinski definition) is 4. The summed E-state index contributed by atoms with van der Waals surface area (Å²) in [5.41, 5.74) is 1.18. The molecule has 0 bridgehead atoms. The molecule has 4 nitrogen and oxygen atoms in total. The van der Waals surface area contributed by atoms with Gasteiger partial charge in [0.05, 0.1) is 12.6 Å². The van der Waals surface area contributed by atoms with Crippen LogP contribution in [0.5, 0.6) is 0 Å². The van der Waals surface area contributed by atoms with Gasteiger partial charge in [-0.2, -0.15) is 0 Å². The predicted octanol–water partition coefficient (Wildman–Crippen LogP) is 2.98. The van der Waals surface area contributed by atoms with Crippen LogP contribution in [0.25, 0.3) is 10.8 Å². The molecular weight excluding hydrogens is 274 g/mol. The summed E-state index contributed by atoms with van der Waals surface area (Å²) in [6.07, 6.45) is 4.72. The molecule has 0 radical (unpaired) electrons. The highest BCUT2D eigenvalue weighted by Crippen LogP contribution is 2.35. The fourth-order valence-corrected chi connectivity index (χ4v) is 2.87. The van der Waals surface area contributed by atoms with E-state index < -0.39 is 0 Å². The number of aromatic nitrogens is 2. The number of hydrogen-bond donors (Lipinski definition) is 1. The highest BCUT2D eigenvalue weighted by molar-refractivity contribution is 6.30. The summed E-state index contributed by atoms with van der Waals surface area (Å²) in [5, 5.41) is 12.0.